The third-order valence-corrected chi connectivity index (χ3v) is 4.91. The van der Waals surface area contributed by atoms with Crippen molar-refractivity contribution in [3.8, 4) is 0 Å². The predicted molar refractivity (Wildman–Crippen MR) is 99.1 cm³/mol. The second-order valence-corrected chi connectivity index (χ2v) is 6.95. The Morgan fingerprint density at radius 3 is 2.73 bits per heavy atom. The maximum absolute atomic E-state index is 12.5. The van der Waals surface area contributed by atoms with E-state index in [1.165, 1.54) is 0 Å². The van der Waals surface area contributed by atoms with Crippen LogP contribution in [0.25, 0.3) is 0 Å². The van der Waals surface area contributed by atoms with Crippen molar-refractivity contribution in [1.82, 2.24) is 19.8 Å². The summed E-state index contributed by atoms with van der Waals surface area (Å²) in [5.41, 5.74) is 1.81. The van der Waals surface area contributed by atoms with Gasteiger partial charge in [-0.2, -0.15) is 0 Å². The van der Waals surface area contributed by atoms with Gasteiger partial charge in [-0.05, 0) is 49.6 Å². The molecule has 0 saturated carbocycles. The number of hydrogen-bond acceptors (Lipinski definition) is 5. The van der Waals surface area contributed by atoms with E-state index in [2.05, 4.69) is 9.97 Å². The molecule has 138 valence electrons. The minimum absolute atomic E-state index is 0.141. The highest BCUT2D eigenvalue weighted by atomic mass is 16.3. The summed E-state index contributed by atoms with van der Waals surface area (Å²) in [5.74, 6) is 0.296. The molecular weight excluding hydrogens is 328 g/mol. The summed E-state index contributed by atoms with van der Waals surface area (Å²) in [7, 11) is 1.95. The molecule has 0 bridgehead atoms. The van der Waals surface area contributed by atoms with Gasteiger partial charge in [-0.25, -0.2) is 0 Å². The summed E-state index contributed by atoms with van der Waals surface area (Å²) in [6.45, 7) is 2.47. The van der Waals surface area contributed by atoms with Crippen LogP contribution in [0.3, 0.4) is 0 Å². The van der Waals surface area contributed by atoms with Crippen molar-refractivity contribution < 1.29 is 9.90 Å². The van der Waals surface area contributed by atoms with Gasteiger partial charge in [0.1, 0.15) is 0 Å². The summed E-state index contributed by atoms with van der Waals surface area (Å²) in [4.78, 5) is 24.8. The Balaban J connectivity index is 1.46. The van der Waals surface area contributed by atoms with E-state index in [-0.39, 0.29) is 11.8 Å². The third-order valence-electron chi connectivity index (χ3n) is 4.91. The fourth-order valence-electron chi connectivity index (χ4n) is 3.45. The molecule has 3 heterocycles. The Labute approximate surface area is 154 Å². The van der Waals surface area contributed by atoms with Gasteiger partial charge in [-0.3, -0.25) is 19.7 Å². The maximum Gasteiger partial charge on any atom is 0.236 e. The molecule has 26 heavy (non-hydrogen) atoms. The van der Waals surface area contributed by atoms with E-state index in [9.17, 15) is 9.90 Å². The number of aliphatic hydroxyl groups excluding tert-OH is 1. The van der Waals surface area contributed by atoms with Gasteiger partial charge in [-0.1, -0.05) is 12.1 Å². The van der Waals surface area contributed by atoms with Crippen LogP contribution in [0.15, 0.2) is 48.9 Å². The SMILES string of the molecule is CN(CC(=O)N1CCC(C(O)c2ccccn2)CC1)Cc1cccnc1. The van der Waals surface area contributed by atoms with E-state index in [0.717, 1.165) is 18.4 Å². The lowest BCUT2D eigenvalue weighted by Gasteiger charge is -2.34. The first-order valence-electron chi connectivity index (χ1n) is 9.07. The van der Waals surface area contributed by atoms with E-state index in [4.69, 9.17) is 0 Å². The van der Waals surface area contributed by atoms with E-state index in [0.29, 0.717) is 31.9 Å². The molecular formula is C20H26N4O2. The molecule has 0 aliphatic carbocycles. The number of aliphatic hydroxyl groups is 1. The van der Waals surface area contributed by atoms with Gasteiger partial charge in [0.15, 0.2) is 0 Å². The van der Waals surface area contributed by atoms with Gasteiger partial charge in [0.2, 0.25) is 5.91 Å². The van der Waals surface area contributed by atoms with E-state index in [1.54, 1.807) is 12.4 Å². The Kier molecular flexibility index (Phi) is 6.30. The van der Waals surface area contributed by atoms with Gasteiger partial charge < -0.3 is 10.0 Å². The highest BCUT2D eigenvalue weighted by molar-refractivity contribution is 5.78. The molecule has 1 saturated heterocycles. The standard InChI is InChI=1S/C20H26N4O2/c1-23(14-16-5-4-9-21-13-16)15-19(25)24-11-7-17(8-12-24)20(26)18-6-2-3-10-22-18/h2-6,9-10,13,17,20,26H,7-8,11-12,14-15H2,1H3. The zero-order chi connectivity index (χ0) is 18.4. The van der Waals surface area contributed by atoms with Crippen molar-refractivity contribution >= 4 is 5.91 Å². The van der Waals surface area contributed by atoms with Crippen molar-refractivity contribution in [1.29, 1.82) is 0 Å². The normalized spacial score (nSPS) is 16.7. The number of nitrogens with zero attached hydrogens (tertiary/aromatic N) is 4. The summed E-state index contributed by atoms with van der Waals surface area (Å²) < 4.78 is 0. The largest absolute Gasteiger partial charge is 0.387 e. The highest BCUT2D eigenvalue weighted by Crippen LogP contribution is 2.29. The fourth-order valence-corrected chi connectivity index (χ4v) is 3.45. The lowest BCUT2D eigenvalue weighted by molar-refractivity contribution is -0.134. The average Bonchev–Trinajstić information content (AvgIpc) is 2.69. The topological polar surface area (TPSA) is 69.6 Å². The van der Waals surface area contributed by atoms with Crippen LogP contribution < -0.4 is 0 Å². The fraction of sp³-hybridized carbons (Fsp3) is 0.450. The number of hydrogen-bond donors (Lipinski definition) is 1. The molecule has 0 radical (unpaired) electrons. The zero-order valence-corrected chi connectivity index (χ0v) is 15.2. The number of piperidine rings is 1. The second-order valence-electron chi connectivity index (χ2n) is 6.95. The van der Waals surface area contributed by atoms with Crippen LogP contribution in [0.5, 0.6) is 0 Å². The summed E-state index contributed by atoms with van der Waals surface area (Å²) in [6.07, 6.45) is 6.33. The molecule has 1 fully saturated rings. The lowest BCUT2D eigenvalue weighted by Crippen LogP contribution is -2.44. The van der Waals surface area contributed by atoms with Gasteiger partial charge in [-0.15, -0.1) is 0 Å². The van der Waals surface area contributed by atoms with Gasteiger partial charge in [0, 0.05) is 38.2 Å². The molecule has 1 amide bonds. The van der Waals surface area contributed by atoms with Crippen molar-refractivity contribution in [2.45, 2.75) is 25.5 Å². The van der Waals surface area contributed by atoms with Crippen LogP contribution in [-0.4, -0.2) is 57.5 Å². The first kappa shape index (κ1) is 18.5. The monoisotopic (exact) mass is 354 g/mol. The summed E-state index contributed by atoms with van der Waals surface area (Å²) in [6, 6.07) is 9.51. The third kappa shape index (κ3) is 4.86. The van der Waals surface area contributed by atoms with Gasteiger partial charge in [0.05, 0.1) is 18.3 Å². The first-order chi connectivity index (χ1) is 12.6. The minimum atomic E-state index is -0.554. The quantitative estimate of drug-likeness (QED) is 0.858. The van der Waals surface area contributed by atoms with Crippen molar-refractivity contribution in [3.05, 3.63) is 60.2 Å². The second kappa shape index (κ2) is 8.87. The molecule has 1 aliphatic rings. The maximum atomic E-state index is 12.5. The van der Waals surface area contributed by atoms with Crippen molar-refractivity contribution in [2.24, 2.45) is 5.92 Å². The molecule has 1 aliphatic heterocycles. The number of rotatable bonds is 6. The van der Waals surface area contributed by atoms with E-state index < -0.39 is 6.10 Å². The Bertz CT molecular complexity index is 687. The number of aromatic nitrogens is 2. The molecule has 0 spiro atoms. The number of carbonyl (C=O) groups excluding carboxylic acids is 1. The molecule has 6 heteroatoms. The molecule has 1 unspecified atom stereocenters. The highest BCUT2D eigenvalue weighted by Gasteiger charge is 2.29. The van der Waals surface area contributed by atoms with Crippen LogP contribution in [0.4, 0.5) is 0 Å². The summed E-state index contributed by atoms with van der Waals surface area (Å²) in [5, 5.41) is 10.5. The molecule has 3 rings (SSSR count). The lowest BCUT2D eigenvalue weighted by atomic mass is 9.89. The van der Waals surface area contributed by atoms with Crippen LogP contribution in [0, 0.1) is 5.92 Å². The van der Waals surface area contributed by atoms with Crippen molar-refractivity contribution in [2.75, 3.05) is 26.7 Å². The van der Waals surface area contributed by atoms with Crippen LogP contribution in [0.1, 0.15) is 30.2 Å². The van der Waals surface area contributed by atoms with E-state index in [1.807, 2.05) is 53.4 Å². The Morgan fingerprint density at radius 2 is 2.08 bits per heavy atom. The first-order valence-corrected chi connectivity index (χ1v) is 9.07. The van der Waals surface area contributed by atoms with Crippen molar-refractivity contribution in [3.63, 3.8) is 0 Å². The molecule has 1 N–H and O–H groups in total. The number of likely N-dealkylation sites (N-methyl/N-ethyl adjacent to an activating group) is 1. The van der Waals surface area contributed by atoms with Crippen LogP contribution >= 0.6 is 0 Å². The Hall–Kier alpha value is -2.31. The molecule has 2 aromatic heterocycles. The Morgan fingerprint density at radius 1 is 1.27 bits per heavy atom. The average molecular weight is 354 g/mol. The molecule has 2 aromatic rings. The molecule has 6 nitrogen and oxygen atoms in total. The zero-order valence-electron chi connectivity index (χ0n) is 15.2. The van der Waals surface area contributed by atoms with Crippen LogP contribution in [-0.2, 0) is 11.3 Å². The molecule has 0 aromatic carbocycles. The predicted octanol–water partition coefficient (Wildman–Crippen LogP) is 1.88. The smallest absolute Gasteiger partial charge is 0.236 e. The van der Waals surface area contributed by atoms with Gasteiger partial charge >= 0.3 is 0 Å². The number of carbonyl (C=O) groups is 1. The number of amides is 1. The van der Waals surface area contributed by atoms with Gasteiger partial charge in [0.25, 0.3) is 0 Å². The number of likely N-dealkylation sites (tertiary alicyclic amines) is 1. The minimum Gasteiger partial charge on any atom is -0.387 e. The summed E-state index contributed by atoms with van der Waals surface area (Å²) >= 11 is 0. The number of pyridine rings is 2. The van der Waals surface area contributed by atoms with Crippen LogP contribution in [0.2, 0.25) is 0 Å². The van der Waals surface area contributed by atoms with E-state index >= 15 is 0 Å². The molecule has 1 atom stereocenters.